The highest BCUT2D eigenvalue weighted by molar-refractivity contribution is 6.30. The first-order valence-electron chi connectivity index (χ1n) is 12.9. The number of aryl methyl sites for hydroxylation is 1. The largest absolute Gasteiger partial charge is 0.337 e. The molecule has 202 valence electrons. The van der Waals surface area contributed by atoms with Gasteiger partial charge in [0.25, 0.3) is 11.8 Å². The van der Waals surface area contributed by atoms with Crippen LogP contribution in [-0.2, 0) is 0 Å². The number of anilines is 1. The summed E-state index contributed by atoms with van der Waals surface area (Å²) in [5.74, 6) is -0.228. The third kappa shape index (κ3) is 4.93. The molecule has 3 aromatic heterocycles. The first kappa shape index (κ1) is 25.7. The third-order valence-corrected chi connectivity index (χ3v) is 7.48. The Morgan fingerprint density at radius 2 is 1.85 bits per heavy atom. The maximum Gasteiger partial charge on any atom is 0.274 e. The SMILES string of the molecule is Cc1cc(C(=O)N2CCC(c3ccc(NC(=O)c4cncn4-c4ccc(Cl)cc4F)cc3)CC2)nc2nccn12. The minimum Gasteiger partial charge on any atom is -0.337 e. The van der Waals surface area contributed by atoms with Crippen molar-refractivity contribution < 1.29 is 14.0 Å². The third-order valence-electron chi connectivity index (χ3n) is 7.25. The van der Waals surface area contributed by atoms with E-state index in [1.165, 1.54) is 29.2 Å². The fourth-order valence-electron chi connectivity index (χ4n) is 5.11. The summed E-state index contributed by atoms with van der Waals surface area (Å²) in [4.78, 5) is 40.6. The zero-order chi connectivity index (χ0) is 27.8. The smallest absolute Gasteiger partial charge is 0.274 e. The summed E-state index contributed by atoms with van der Waals surface area (Å²) in [6.07, 6.45) is 7.92. The Morgan fingerprint density at radius 3 is 2.60 bits per heavy atom. The summed E-state index contributed by atoms with van der Waals surface area (Å²) in [5, 5.41) is 3.12. The molecule has 0 bridgehead atoms. The van der Waals surface area contributed by atoms with Crippen LogP contribution in [0.1, 0.15) is 51.0 Å². The Bertz CT molecular complexity index is 1720. The quantitative estimate of drug-likeness (QED) is 0.317. The van der Waals surface area contributed by atoms with Gasteiger partial charge in [-0.15, -0.1) is 0 Å². The monoisotopic (exact) mass is 557 g/mol. The van der Waals surface area contributed by atoms with Crippen molar-refractivity contribution in [2.45, 2.75) is 25.7 Å². The molecule has 1 saturated heterocycles. The van der Waals surface area contributed by atoms with E-state index < -0.39 is 11.7 Å². The normalized spacial score (nSPS) is 14.0. The second-order valence-corrected chi connectivity index (χ2v) is 10.2. The molecule has 6 rings (SSSR count). The van der Waals surface area contributed by atoms with Crippen molar-refractivity contribution >= 4 is 34.9 Å². The van der Waals surface area contributed by atoms with Gasteiger partial charge in [0.05, 0.1) is 18.2 Å². The number of aromatic nitrogens is 5. The van der Waals surface area contributed by atoms with Crippen molar-refractivity contribution in [3.8, 4) is 5.69 Å². The van der Waals surface area contributed by atoms with Gasteiger partial charge in [-0.1, -0.05) is 23.7 Å². The summed E-state index contributed by atoms with van der Waals surface area (Å²) in [6.45, 7) is 3.20. The molecule has 4 heterocycles. The van der Waals surface area contributed by atoms with E-state index in [0.29, 0.717) is 36.2 Å². The van der Waals surface area contributed by atoms with Crippen LogP contribution >= 0.6 is 11.6 Å². The number of benzene rings is 2. The number of amides is 2. The van der Waals surface area contributed by atoms with E-state index in [1.54, 1.807) is 18.3 Å². The van der Waals surface area contributed by atoms with Crippen LogP contribution < -0.4 is 5.32 Å². The van der Waals surface area contributed by atoms with Gasteiger partial charge in [0.1, 0.15) is 17.2 Å². The minimum absolute atomic E-state index is 0.0807. The van der Waals surface area contributed by atoms with Gasteiger partial charge in [0, 0.05) is 41.9 Å². The summed E-state index contributed by atoms with van der Waals surface area (Å²) in [7, 11) is 0. The molecule has 40 heavy (non-hydrogen) atoms. The number of nitrogens with zero attached hydrogens (tertiary/aromatic N) is 6. The molecule has 1 fully saturated rings. The highest BCUT2D eigenvalue weighted by Gasteiger charge is 2.26. The van der Waals surface area contributed by atoms with E-state index in [4.69, 9.17) is 11.6 Å². The molecule has 1 aliphatic rings. The molecule has 2 aromatic carbocycles. The lowest BCUT2D eigenvalue weighted by atomic mass is 9.89. The van der Waals surface area contributed by atoms with Crippen molar-refractivity contribution in [2.24, 2.45) is 0 Å². The van der Waals surface area contributed by atoms with Crippen LogP contribution in [0.2, 0.25) is 5.02 Å². The molecule has 0 radical (unpaired) electrons. The summed E-state index contributed by atoms with van der Waals surface area (Å²) in [6, 6.07) is 13.7. The van der Waals surface area contributed by atoms with Gasteiger partial charge in [-0.3, -0.25) is 18.6 Å². The summed E-state index contributed by atoms with van der Waals surface area (Å²) < 4.78 is 17.7. The maximum absolute atomic E-state index is 14.4. The van der Waals surface area contributed by atoms with Gasteiger partial charge in [-0.05, 0) is 67.6 Å². The number of carbonyl (C=O) groups excluding carboxylic acids is 2. The molecule has 1 N–H and O–H groups in total. The number of imidazole rings is 2. The Labute approximate surface area is 234 Å². The number of halogens is 2. The van der Waals surface area contributed by atoms with E-state index in [0.717, 1.165) is 24.1 Å². The van der Waals surface area contributed by atoms with Crippen LogP contribution in [0.15, 0.2) is 73.4 Å². The Hall–Kier alpha value is -4.57. The number of hydrogen-bond donors (Lipinski definition) is 1. The van der Waals surface area contributed by atoms with E-state index in [-0.39, 0.29) is 22.3 Å². The van der Waals surface area contributed by atoms with Crippen molar-refractivity contribution in [3.63, 3.8) is 0 Å². The number of likely N-dealkylation sites (tertiary alicyclic amines) is 1. The highest BCUT2D eigenvalue weighted by Crippen LogP contribution is 2.30. The minimum atomic E-state index is -0.554. The van der Waals surface area contributed by atoms with Crippen LogP contribution in [0.4, 0.5) is 10.1 Å². The van der Waals surface area contributed by atoms with Gasteiger partial charge in [-0.2, -0.15) is 0 Å². The molecule has 0 atom stereocenters. The number of hydrogen-bond acceptors (Lipinski definition) is 5. The molecule has 1 aliphatic heterocycles. The van der Waals surface area contributed by atoms with Crippen LogP contribution in [0, 0.1) is 12.7 Å². The zero-order valence-electron chi connectivity index (χ0n) is 21.6. The van der Waals surface area contributed by atoms with Gasteiger partial charge in [0.2, 0.25) is 5.78 Å². The average molecular weight is 558 g/mol. The molecule has 0 spiro atoms. The zero-order valence-corrected chi connectivity index (χ0v) is 22.3. The number of carbonyl (C=O) groups is 2. The van der Waals surface area contributed by atoms with E-state index in [2.05, 4.69) is 20.3 Å². The Morgan fingerprint density at radius 1 is 1.07 bits per heavy atom. The van der Waals surface area contributed by atoms with Gasteiger partial charge in [-0.25, -0.2) is 19.3 Å². The Balaban J connectivity index is 1.08. The van der Waals surface area contributed by atoms with E-state index in [1.807, 2.05) is 46.7 Å². The van der Waals surface area contributed by atoms with Crippen LogP contribution in [0.5, 0.6) is 0 Å². The predicted octanol–water partition coefficient (Wildman–Crippen LogP) is 5.29. The van der Waals surface area contributed by atoms with Gasteiger partial charge < -0.3 is 10.2 Å². The Kier molecular flexibility index (Phi) is 6.77. The fourth-order valence-corrected chi connectivity index (χ4v) is 5.27. The number of rotatable bonds is 5. The summed E-state index contributed by atoms with van der Waals surface area (Å²) in [5.41, 5.74) is 3.45. The molecule has 2 amide bonds. The van der Waals surface area contributed by atoms with Crippen molar-refractivity contribution in [1.29, 1.82) is 0 Å². The van der Waals surface area contributed by atoms with E-state index >= 15 is 0 Å². The second kappa shape index (κ2) is 10.5. The lowest BCUT2D eigenvalue weighted by molar-refractivity contribution is 0.0707. The fraction of sp³-hybridized carbons (Fsp3) is 0.207. The van der Waals surface area contributed by atoms with Crippen LogP contribution in [0.25, 0.3) is 11.5 Å². The highest BCUT2D eigenvalue weighted by atomic mass is 35.5. The second-order valence-electron chi connectivity index (χ2n) is 9.77. The maximum atomic E-state index is 14.4. The lowest BCUT2D eigenvalue weighted by Gasteiger charge is -2.32. The summed E-state index contributed by atoms with van der Waals surface area (Å²) >= 11 is 5.86. The topological polar surface area (TPSA) is 97.4 Å². The van der Waals surface area contributed by atoms with Crippen molar-refractivity contribution in [1.82, 2.24) is 28.8 Å². The van der Waals surface area contributed by atoms with E-state index in [9.17, 15) is 14.0 Å². The first-order valence-corrected chi connectivity index (χ1v) is 13.2. The molecular formula is C29H25ClFN7O2. The number of nitrogens with one attached hydrogen (secondary N) is 1. The van der Waals surface area contributed by atoms with Gasteiger partial charge in [0.15, 0.2) is 0 Å². The molecule has 5 aromatic rings. The predicted molar refractivity (Wildman–Crippen MR) is 149 cm³/mol. The van der Waals surface area contributed by atoms with Crippen molar-refractivity contribution in [2.75, 3.05) is 18.4 Å². The molecular weight excluding hydrogens is 533 g/mol. The van der Waals surface area contributed by atoms with Gasteiger partial charge >= 0.3 is 0 Å². The number of piperidine rings is 1. The average Bonchev–Trinajstić information content (AvgIpc) is 3.64. The standard InChI is InChI=1S/C29H25ClFN7O2/c1-18-14-24(35-29-33-10-13-37(18)29)28(40)36-11-8-20(9-12-36)19-2-5-22(6-3-19)34-27(39)26-16-32-17-38(26)25-7-4-21(30)15-23(25)31/h2-7,10,13-17,20H,8-9,11-12H2,1H3,(H,34,39). The molecule has 11 heteroatoms. The number of fused-ring (bicyclic) bond motifs is 1. The molecule has 0 aliphatic carbocycles. The molecule has 0 unspecified atom stereocenters. The molecule has 0 saturated carbocycles. The van der Waals surface area contributed by atoms with Crippen LogP contribution in [0.3, 0.4) is 0 Å². The van der Waals surface area contributed by atoms with Crippen LogP contribution in [-0.4, -0.2) is 53.7 Å². The van der Waals surface area contributed by atoms with Crippen molar-refractivity contribution in [3.05, 3.63) is 107 Å². The molecule has 9 nitrogen and oxygen atoms in total. The first-order chi connectivity index (χ1) is 19.4. The lowest BCUT2D eigenvalue weighted by Crippen LogP contribution is -2.38.